The van der Waals surface area contributed by atoms with Gasteiger partial charge in [0.25, 0.3) is 0 Å². The number of hydrogen-bond donors (Lipinski definition) is 2. The van der Waals surface area contributed by atoms with Gasteiger partial charge in [0, 0.05) is 21.8 Å². The standard InChI is InChI=1S/C12H10BrF3N4/c1-6-4-10(20-17)19-11(18-6)8-3-2-7(13)5-9(8)12(14,15)16/h2-5H,17H2,1H3,(H,18,19,20). The summed E-state index contributed by atoms with van der Waals surface area (Å²) in [6, 6.07) is 5.36. The molecule has 4 nitrogen and oxygen atoms in total. The number of hydrazine groups is 1. The van der Waals surface area contributed by atoms with Crippen LogP contribution in [0, 0.1) is 6.92 Å². The molecule has 0 aliphatic carbocycles. The molecule has 0 amide bonds. The Morgan fingerprint density at radius 3 is 2.50 bits per heavy atom. The van der Waals surface area contributed by atoms with E-state index in [9.17, 15) is 13.2 Å². The van der Waals surface area contributed by atoms with Crippen molar-refractivity contribution in [3.63, 3.8) is 0 Å². The SMILES string of the molecule is Cc1cc(NN)nc(-c2ccc(Br)cc2C(F)(F)F)n1. The zero-order valence-corrected chi connectivity index (χ0v) is 11.9. The molecule has 0 aliphatic rings. The lowest BCUT2D eigenvalue weighted by molar-refractivity contribution is -0.137. The van der Waals surface area contributed by atoms with Crippen LogP contribution in [0.4, 0.5) is 19.0 Å². The van der Waals surface area contributed by atoms with Gasteiger partial charge in [0.1, 0.15) is 5.82 Å². The average Bonchev–Trinajstić information content (AvgIpc) is 2.36. The fraction of sp³-hybridized carbons (Fsp3) is 0.167. The molecule has 1 heterocycles. The van der Waals surface area contributed by atoms with Crippen LogP contribution in [0.5, 0.6) is 0 Å². The van der Waals surface area contributed by atoms with Gasteiger partial charge in [0.2, 0.25) is 0 Å². The van der Waals surface area contributed by atoms with Crippen molar-refractivity contribution in [2.24, 2.45) is 5.84 Å². The molecule has 0 saturated heterocycles. The van der Waals surface area contributed by atoms with Crippen molar-refractivity contribution in [2.75, 3.05) is 5.43 Å². The van der Waals surface area contributed by atoms with Gasteiger partial charge in [-0.2, -0.15) is 13.2 Å². The molecular weight excluding hydrogens is 337 g/mol. The third-order valence-electron chi connectivity index (χ3n) is 2.53. The third kappa shape index (κ3) is 3.07. The predicted octanol–water partition coefficient (Wildman–Crippen LogP) is 3.52. The van der Waals surface area contributed by atoms with Crippen molar-refractivity contribution >= 4 is 21.7 Å². The lowest BCUT2D eigenvalue weighted by Gasteiger charge is -2.13. The number of halogens is 4. The molecule has 8 heteroatoms. The minimum Gasteiger partial charge on any atom is -0.308 e. The molecule has 20 heavy (non-hydrogen) atoms. The van der Waals surface area contributed by atoms with E-state index >= 15 is 0 Å². The maximum Gasteiger partial charge on any atom is 0.417 e. The molecule has 0 unspecified atom stereocenters. The summed E-state index contributed by atoms with van der Waals surface area (Å²) in [5.74, 6) is 5.47. The molecule has 0 fully saturated rings. The Morgan fingerprint density at radius 1 is 1.20 bits per heavy atom. The average molecular weight is 347 g/mol. The molecule has 3 N–H and O–H groups in total. The summed E-state index contributed by atoms with van der Waals surface area (Å²) in [5, 5.41) is 0. The van der Waals surface area contributed by atoms with Gasteiger partial charge in [-0.3, -0.25) is 0 Å². The van der Waals surface area contributed by atoms with E-state index in [0.717, 1.165) is 6.07 Å². The Balaban J connectivity index is 2.66. The van der Waals surface area contributed by atoms with Crippen molar-refractivity contribution in [2.45, 2.75) is 13.1 Å². The van der Waals surface area contributed by atoms with Gasteiger partial charge in [-0.05, 0) is 25.1 Å². The summed E-state index contributed by atoms with van der Waals surface area (Å²) in [7, 11) is 0. The number of nitrogens with two attached hydrogens (primary N) is 1. The van der Waals surface area contributed by atoms with Gasteiger partial charge in [-0.15, -0.1) is 0 Å². The highest BCUT2D eigenvalue weighted by atomic mass is 79.9. The van der Waals surface area contributed by atoms with E-state index in [4.69, 9.17) is 5.84 Å². The molecular formula is C12H10BrF3N4. The summed E-state index contributed by atoms with van der Waals surface area (Å²) in [4.78, 5) is 8.00. The number of anilines is 1. The van der Waals surface area contributed by atoms with Crippen LogP contribution in [0.15, 0.2) is 28.7 Å². The van der Waals surface area contributed by atoms with Gasteiger partial charge >= 0.3 is 6.18 Å². The van der Waals surface area contributed by atoms with Crippen molar-refractivity contribution < 1.29 is 13.2 Å². The normalized spacial score (nSPS) is 11.5. The third-order valence-corrected chi connectivity index (χ3v) is 3.02. The van der Waals surface area contributed by atoms with Crippen LogP contribution in [0.2, 0.25) is 0 Å². The fourth-order valence-corrected chi connectivity index (χ4v) is 2.07. The monoisotopic (exact) mass is 346 g/mol. The van der Waals surface area contributed by atoms with Gasteiger partial charge in [-0.1, -0.05) is 15.9 Å². The second kappa shape index (κ2) is 5.37. The summed E-state index contributed by atoms with van der Waals surface area (Å²) in [6.45, 7) is 1.65. The van der Waals surface area contributed by atoms with E-state index in [1.54, 1.807) is 6.92 Å². The molecule has 0 spiro atoms. The first-order chi connectivity index (χ1) is 9.31. The summed E-state index contributed by atoms with van der Waals surface area (Å²) in [5.41, 5.74) is 1.92. The van der Waals surface area contributed by atoms with Crippen LogP contribution < -0.4 is 11.3 Å². The van der Waals surface area contributed by atoms with Crippen LogP contribution in [-0.4, -0.2) is 9.97 Å². The van der Waals surface area contributed by atoms with E-state index < -0.39 is 11.7 Å². The molecule has 0 aliphatic heterocycles. The highest BCUT2D eigenvalue weighted by molar-refractivity contribution is 9.10. The Labute approximate surface area is 121 Å². The smallest absolute Gasteiger partial charge is 0.308 e. The van der Waals surface area contributed by atoms with Crippen LogP contribution in [0.25, 0.3) is 11.4 Å². The predicted molar refractivity (Wildman–Crippen MR) is 72.7 cm³/mol. The molecule has 0 radical (unpaired) electrons. The number of nitrogens with zero attached hydrogens (tertiary/aromatic N) is 2. The Morgan fingerprint density at radius 2 is 1.90 bits per heavy atom. The summed E-state index contributed by atoms with van der Waals surface area (Å²) >= 11 is 3.03. The Bertz CT molecular complexity index is 643. The number of hydrogen-bond acceptors (Lipinski definition) is 4. The second-order valence-corrected chi connectivity index (χ2v) is 4.97. The number of alkyl halides is 3. The number of nitrogens with one attached hydrogen (secondary N) is 1. The van der Waals surface area contributed by atoms with Crippen molar-refractivity contribution in [3.8, 4) is 11.4 Å². The second-order valence-electron chi connectivity index (χ2n) is 4.05. The first kappa shape index (κ1) is 14.7. The van der Waals surface area contributed by atoms with E-state index in [2.05, 4.69) is 31.3 Å². The van der Waals surface area contributed by atoms with E-state index in [1.807, 2.05) is 0 Å². The lowest BCUT2D eigenvalue weighted by atomic mass is 10.1. The Kier molecular flexibility index (Phi) is 3.96. The van der Waals surface area contributed by atoms with Crippen LogP contribution in [-0.2, 0) is 6.18 Å². The van der Waals surface area contributed by atoms with Gasteiger partial charge in [-0.25, -0.2) is 15.8 Å². The van der Waals surface area contributed by atoms with Crippen LogP contribution >= 0.6 is 15.9 Å². The number of nitrogen functional groups attached to an aromatic ring is 1. The van der Waals surface area contributed by atoms with Crippen molar-refractivity contribution in [3.05, 3.63) is 40.0 Å². The molecule has 0 atom stereocenters. The lowest BCUT2D eigenvalue weighted by Crippen LogP contribution is -2.12. The molecule has 2 aromatic rings. The quantitative estimate of drug-likeness (QED) is 0.645. The Hall–Kier alpha value is -1.67. The first-order valence-electron chi connectivity index (χ1n) is 5.50. The molecule has 106 valence electrons. The van der Waals surface area contributed by atoms with Gasteiger partial charge in [0.05, 0.1) is 5.56 Å². The van der Waals surface area contributed by atoms with E-state index in [-0.39, 0.29) is 17.2 Å². The minimum atomic E-state index is -4.50. The number of benzene rings is 1. The number of rotatable bonds is 2. The van der Waals surface area contributed by atoms with Crippen molar-refractivity contribution in [1.29, 1.82) is 0 Å². The summed E-state index contributed by atoms with van der Waals surface area (Å²) < 4.78 is 39.6. The molecule has 1 aromatic carbocycles. The molecule has 1 aromatic heterocycles. The largest absolute Gasteiger partial charge is 0.417 e. The highest BCUT2D eigenvalue weighted by Gasteiger charge is 2.34. The number of aryl methyl sites for hydroxylation is 1. The van der Waals surface area contributed by atoms with Gasteiger partial charge in [0.15, 0.2) is 5.82 Å². The highest BCUT2D eigenvalue weighted by Crippen LogP contribution is 2.37. The van der Waals surface area contributed by atoms with Crippen LogP contribution in [0.1, 0.15) is 11.3 Å². The maximum absolute atomic E-state index is 13.1. The number of aromatic nitrogens is 2. The fourth-order valence-electron chi connectivity index (χ4n) is 1.71. The molecule has 2 rings (SSSR count). The molecule has 0 saturated carbocycles. The topological polar surface area (TPSA) is 63.8 Å². The maximum atomic E-state index is 13.1. The zero-order chi connectivity index (χ0) is 14.9. The van der Waals surface area contributed by atoms with E-state index in [1.165, 1.54) is 18.2 Å². The van der Waals surface area contributed by atoms with E-state index in [0.29, 0.717) is 10.2 Å². The first-order valence-corrected chi connectivity index (χ1v) is 6.30. The van der Waals surface area contributed by atoms with Gasteiger partial charge < -0.3 is 5.43 Å². The van der Waals surface area contributed by atoms with Crippen molar-refractivity contribution in [1.82, 2.24) is 9.97 Å². The summed E-state index contributed by atoms with van der Waals surface area (Å²) in [6.07, 6.45) is -4.50. The zero-order valence-electron chi connectivity index (χ0n) is 10.3. The minimum absolute atomic E-state index is 0.0298. The molecule has 0 bridgehead atoms. The van der Waals surface area contributed by atoms with Crippen LogP contribution in [0.3, 0.4) is 0 Å².